The lowest BCUT2D eigenvalue weighted by atomic mass is 9.95. The molecule has 0 aliphatic rings. The van der Waals surface area contributed by atoms with E-state index in [1.54, 1.807) is 0 Å². The van der Waals surface area contributed by atoms with Crippen LogP contribution in [0.5, 0.6) is 0 Å². The molecule has 228 valence electrons. The Balaban J connectivity index is 0.000000318. The zero-order chi connectivity index (χ0) is 32.1. The molecule has 0 saturated carbocycles. The van der Waals surface area contributed by atoms with Crippen molar-refractivity contribution in [2.75, 3.05) is 0 Å². The van der Waals surface area contributed by atoms with E-state index < -0.39 is 86.8 Å². The largest absolute Gasteiger partial charge is 0.419 e. The summed E-state index contributed by atoms with van der Waals surface area (Å²) in [6, 6.07) is 6.63. The van der Waals surface area contributed by atoms with E-state index in [1.807, 2.05) is 12.1 Å². The first-order chi connectivity index (χ1) is 18.7. The highest BCUT2D eigenvalue weighted by molar-refractivity contribution is 5.38. The van der Waals surface area contributed by atoms with Gasteiger partial charge >= 0.3 is 6.18 Å². The Hall–Kier alpha value is -3.18. The summed E-state index contributed by atoms with van der Waals surface area (Å²) in [5.74, 6) is -15.8. The fourth-order valence-electron chi connectivity index (χ4n) is 3.62. The molecule has 0 nitrogen and oxygen atoms in total. The first-order valence-corrected chi connectivity index (χ1v) is 12.2. The fraction of sp³-hybridized carbons (Fsp3) is 0.379. The van der Waals surface area contributed by atoms with Crippen molar-refractivity contribution in [2.45, 2.75) is 72.4 Å². The van der Waals surface area contributed by atoms with Gasteiger partial charge in [-0.05, 0) is 42.4 Å². The van der Waals surface area contributed by atoms with Crippen LogP contribution in [0.4, 0.5) is 52.7 Å². The van der Waals surface area contributed by atoms with Gasteiger partial charge in [0, 0.05) is 16.7 Å². The van der Waals surface area contributed by atoms with E-state index in [1.165, 1.54) is 45.4 Å². The van der Waals surface area contributed by atoms with Gasteiger partial charge in [-0.1, -0.05) is 53.7 Å². The molecule has 0 N–H and O–H groups in total. The van der Waals surface area contributed by atoms with Crippen molar-refractivity contribution >= 4 is 0 Å². The van der Waals surface area contributed by atoms with Crippen molar-refractivity contribution in [1.29, 1.82) is 0 Å². The highest BCUT2D eigenvalue weighted by atomic mass is 19.4. The lowest BCUT2D eigenvalue weighted by Crippen LogP contribution is -2.16. The van der Waals surface area contributed by atoms with Crippen LogP contribution in [-0.2, 0) is 6.18 Å². The summed E-state index contributed by atoms with van der Waals surface area (Å²) < 4.78 is 153. The van der Waals surface area contributed by atoms with E-state index in [-0.39, 0.29) is 5.82 Å². The van der Waals surface area contributed by atoms with E-state index in [0.717, 1.165) is 6.92 Å². The molecule has 3 rings (SSSR count). The van der Waals surface area contributed by atoms with Gasteiger partial charge in [0.15, 0.2) is 34.9 Å². The van der Waals surface area contributed by atoms with Crippen LogP contribution in [0.3, 0.4) is 0 Å². The van der Waals surface area contributed by atoms with Gasteiger partial charge in [-0.15, -0.1) is 0 Å². The topological polar surface area (TPSA) is 0 Å². The Labute approximate surface area is 230 Å². The summed E-state index contributed by atoms with van der Waals surface area (Å²) in [4.78, 5) is 0. The molecular weight excluding hydrogens is 576 g/mol. The Kier molecular flexibility index (Phi) is 12.4. The minimum Gasteiger partial charge on any atom is -0.207 e. The maximum atomic E-state index is 13.6. The van der Waals surface area contributed by atoms with Crippen molar-refractivity contribution in [2.24, 2.45) is 0 Å². The van der Waals surface area contributed by atoms with Crippen LogP contribution in [0, 0.1) is 59.3 Å². The van der Waals surface area contributed by atoms with Crippen molar-refractivity contribution < 1.29 is 52.7 Å². The predicted molar refractivity (Wildman–Crippen MR) is 131 cm³/mol. The molecule has 0 atom stereocenters. The number of halogens is 12. The number of alkyl halides is 3. The Morgan fingerprint density at radius 3 is 1.15 bits per heavy atom. The second-order valence-electron chi connectivity index (χ2n) is 9.85. The van der Waals surface area contributed by atoms with Gasteiger partial charge in [-0.25, -0.2) is 39.5 Å². The highest BCUT2D eigenvalue weighted by Gasteiger charge is 2.40. The van der Waals surface area contributed by atoms with Crippen LogP contribution in [0.15, 0.2) is 24.3 Å². The second-order valence-corrected chi connectivity index (χ2v) is 9.85. The minimum absolute atomic E-state index is 0.163. The third kappa shape index (κ3) is 8.42. The Bertz CT molecular complexity index is 1280. The summed E-state index contributed by atoms with van der Waals surface area (Å²) in [6.07, 6.45) is -5.12. The second kappa shape index (κ2) is 14.1. The van der Waals surface area contributed by atoms with E-state index >= 15 is 0 Å². The van der Waals surface area contributed by atoms with Crippen LogP contribution < -0.4 is 0 Å². The first-order valence-electron chi connectivity index (χ1n) is 12.2. The van der Waals surface area contributed by atoms with Crippen molar-refractivity contribution in [3.8, 4) is 0 Å². The average Bonchev–Trinajstić information content (AvgIpc) is 2.85. The SMILES string of the molecule is CC(C)c1c(F)c(F)c(F)c(F)c1F.CC(C)c1ccc(F)cc1.Cc1c(F)c(C(C)C)c(F)c(F)c1C(F)(F)F. The molecule has 0 aliphatic heterocycles. The van der Waals surface area contributed by atoms with Crippen LogP contribution in [0.1, 0.15) is 87.1 Å². The molecule has 0 amide bonds. The van der Waals surface area contributed by atoms with Gasteiger partial charge in [-0.2, -0.15) is 13.2 Å². The molecule has 0 heterocycles. The fourth-order valence-corrected chi connectivity index (χ4v) is 3.62. The summed E-state index contributed by atoms with van der Waals surface area (Å²) in [6.45, 7) is 10.4. The molecule has 41 heavy (non-hydrogen) atoms. The van der Waals surface area contributed by atoms with Crippen LogP contribution in [0.25, 0.3) is 0 Å². The lowest BCUT2D eigenvalue weighted by Gasteiger charge is -2.17. The third-order valence-electron chi connectivity index (χ3n) is 5.81. The van der Waals surface area contributed by atoms with Gasteiger partial charge in [-0.3, -0.25) is 0 Å². The highest BCUT2D eigenvalue weighted by Crippen LogP contribution is 2.39. The minimum atomic E-state index is -5.12. The van der Waals surface area contributed by atoms with Gasteiger partial charge in [0.1, 0.15) is 17.2 Å². The number of rotatable bonds is 3. The Morgan fingerprint density at radius 1 is 0.463 bits per heavy atom. The van der Waals surface area contributed by atoms with Gasteiger partial charge < -0.3 is 0 Å². The third-order valence-corrected chi connectivity index (χ3v) is 5.81. The van der Waals surface area contributed by atoms with Crippen LogP contribution >= 0.6 is 0 Å². The maximum Gasteiger partial charge on any atom is 0.419 e. The van der Waals surface area contributed by atoms with Crippen LogP contribution in [-0.4, -0.2) is 0 Å². The monoisotopic (exact) mass is 604 g/mol. The standard InChI is InChI=1S/C11H10F6.C9H7F5.C9H11F/c1-4(2)6-8(12)5(3)7(11(15,16)17)10(14)9(6)13;1-3(2)4-5(10)7(12)9(14)8(13)6(4)11;1-7(2)8-3-5-9(10)6-4-8/h4H,1-3H3;3H,1-2H3;3-7H,1-2H3. The molecule has 0 bridgehead atoms. The molecule has 0 fully saturated rings. The number of hydrogen-bond acceptors (Lipinski definition) is 0. The van der Waals surface area contributed by atoms with Crippen molar-refractivity contribution in [1.82, 2.24) is 0 Å². The predicted octanol–water partition coefficient (Wildman–Crippen LogP) is 11.0. The van der Waals surface area contributed by atoms with E-state index in [2.05, 4.69) is 13.8 Å². The molecule has 3 aromatic carbocycles. The summed E-state index contributed by atoms with van der Waals surface area (Å²) in [5.41, 5.74) is -3.05. The maximum absolute atomic E-state index is 13.6. The lowest BCUT2D eigenvalue weighted by molar-refractivity contribution is -0.141. The molecule has 0 unspecified atom stereocenters. The molecule has 3 aromatic rings. The van der Waals surface area contributed by atoms with Gasteiger partial charge in [0.25, 0.3) is 0 Å². The molecule has 0 aliphatic carbocycles. The van der Waals surface area contributed by atoms with E-state index in [9.17, 15) is 52.7 Å². The Morgan fingerprint density at radius 2 is 0.805 bits per heavy atom. The molecule has 0 aromatic heterocycles. The zero-order valence-corrected chi connectivity index (χ0v) is 23.1. The molecule has 12 heteroatoms. The molecule has 0 spiro atoms. The molecular formula is C29H28F12. The van der Waals surface area contributed by atoms with Crippen molar-refractivity contribution in [3.63, 3.8) is 0 Å². The molecule has 0 radical (unpaired) electrons. The summed E-state index contributed by atoms with van der Waals surface area (Å²) >= 11 is 0. The first kappa shape index (κ1) is 35.8. The quantitative estimate of drug-likeness (QED) is 0.159. The number of benzene rings is 3. The van der Waals surface area contributed by atoms with Crippen LogP contribution in [0.2, 0.25) is 0 Å². The van der Waals surface area contributed by atoms with Gasteiger partial charge in [0.2, 0.25) is 5.82 Å². The zero-order valence-electron chi connectivity index (χ0n) is 23.1. The normalized spacial score (nSPS) is 11.5. The average molecular weight is 605 g/mol. The van der Waals surface area contributed by atoms with Gasteiger partial charge in [0.05, 0.1) is 0 Å². The summed E-state index contributed by atoms with van der Waals surface area (Å²) in [5, 5.41) is 0. The molecule has 0 saturated heterocycles. The van der Waals surface area contributed by atoms with Crippen molar-refractivity contribution in [3.05, 3.63) is 104 Å². The summed E-state index contributed by atoms with van der Waals surface area (Å²) in [7, 11) is 0. The number of hydrogen-bond donors (Lipinski definition) is 0. The van der Waals surface area contributed by atoms with E-state index in [4.69, 9.17) is 0 Å². The smallest absolute Gasteiger partial charge is 0.207 e. The van der Waals surface area contributed by atoms with E-state index in [0.29, 0.717) is 5.92 Å².